The van der Waals surface area contributed by atoms with E-state index < -0.39 is 5.60 Å². The summed E-state index contributed by atoms with van der Waals surface area (Å²) in [6.07, 6.45) is 3.87. The third-order valence-corrected chi connectivity index (χ3v) is 6.13. The van der Waals surface area contributed by atoms with E-state index in [1.165, 1.54) is 4.88 Å². The van der Waals surface area contributed by atoms with Crippen molar-refractivity contribution < 1.29 is 14.3 Å². The first-order chi connectivity index (χ1) is 13.3. The fourth-order valence-electron chi connectivity index (χ4n) is 3.56. The third-order valence-electron chi connectivity index (χ3n) is 4.93. The first-order valence-corrected chi connectivity index (χ1v) is 10.6. The number of hydrogen-bond donors (Lipinski definition) is 1. The molecule has 0 aromatic carbocycles. The van der Waals surface area contributed by atoms with E-state index in [0.29, 0.717) is 36.7 Å². The predicted octanol–water partition coefficient (Wildman–Crippen LogP) is 2.99. The van der Waals surface area contributed by atoms with Crippen LogP contribution in [0, 0.1) is 11.3 Å². The van der Waals surface area contributed by atoms with Gasteiger partial charge in [-0.1, -0.05) is 0 Å². The highest BCUT2D eigenvalue weighted by Crippen LogP contribution is 2.37. The number of nitrogens with one attached hydrogen (secondary N) is 1. The largest absolute Gasteiger partial charge is 0.444 e. The minimum atomic E-state index is -0.508. The van der Waals surface area contributed by atoms with E-state index in [9.17, 15) is 14.9 Å². The summed E-state index contributed by atoms with van der Waals surface area (Å²) in [7, 11) is 0. The quantitative estimate of drug-likeness (QED) is 0.837. The molecule has 2 heterocycles. The number of rotatable bonds is 3. The minimum absolute atomic E-state index is 0.110. The number of anilines is 1. The molecule has 152 valence electrons. The number of carbonyl (C=O) groups is 2. The fourth-order valence-corrected chi connectivity index (χ4v) is 4.81. The van der Waals surface area contributed by atoms with E-state index in [1.54, 1.807) is 16.2 Å². The lowest BCUT2D eigenvalue weighted by Crippen LogP contribution is -2.51. The van der Waals surface area contributed by atoms with Crippen LogP contribution in [0.5, 0.6) is 0 Å². The average Bonchev–Trinajstić information content (AvgIpc) is 2.97. The number of nitrogens with zero attached hydrogens (tertiary/aromatic N) is 3. The molecule has 3 rings (SSSR count). The van der Waals surface area contributed by atoms with Crippen LogP contribution in [0.25, 0.3) is 0 Å². The van der Waals surface area contributed by atoms with Crippen molar-refractivity contribution in [2.75, 3.05) is 38.0 Å². The lowest BCUT2D eigenvalue weighted by atomic mass is 9.96. The van der Waals surface area contributed by atoms with E-state index in [2.05, 4.69) is 11.4 Å². The van der Waals surface area contributed by atoms with Gasteiger partial charge in [-0.25, -0.2) is 4.79 Å². The Labute approximate surface area is 170 Å². The Kier molecular flexibility index (Phi) is 6.26. The average molecular weight is 405 g/mol. The SMILES string of the molecule is CC(C)(C)OC(=O)N1CCN(CC(=O)Nc2sc3c(c2C#N)CCCC3)CC1. The van der Waals surface area contributed by atoms with E-state index in [-0.39, 0.29) is 18.5 Å². The molecule has 1 aliphatic carbocycles. The second-order valence-corrected chi connectivity index (χ2v) is 9.42. The van der Waals surface area contributed by atoms with Gasteiger partial charge in [0.2, 0.25) is 5.91 Å². The Bertz CT molecular complexity index is 783. The molecule has 1 saturated heterocycles. The molecule has 0 spiro atoms. The summed E-state index contributed by atoms with van der Waals surface area (Å²) in [4.78, 5) is 29.6. The van der Waals surface area contributed by atoms with Gasteiger partial charge in [0.15, 0.2) is 0 Å². The summed E-state index contributed by atoms with van der Waals surface area (Å²) in [6.45, 7) is 8.14. The van der Waals surface area contributed by atoms with Gasteiger partial charge in [-0.15, -0.1) is 11.3 Å². The van der Waals surface area contributed by atoms with E-state index in [0.717, 1.165) is 31.2 Å². The molecule has 0 radical (unpaired) electrons. The van der Waals surface area contributed by atoms with Crippen LogP contribution in [-0.4, -0.2) is 60.1 Å². The maximum atomic E-state index is 12.5. The summed E-state index contributed by atoms with van der Waals surface area (Å²) < 4.78 is 5.40. The lowest BCUT2D eigenvalue weighted by molar-refractivity contribution is -0.117. The highest BCUT2D eigenvalue weighted by Gasteiger charge is 2.27. The lowest BCUT2D eigenvalue weighted by Gasteiger charge is -2.35. The molecule has 1 fully saturated rings. The fraction of sp³-hybridized carbons (Fsp3) is 0.650. The summed E-state index contributed by atoms with van der Waals surface area (Å²) in [5.74, 6) is -0.110. The monoisotopic (exact) mass is 404 g/mol. The summed E-state index contributed by atoms with van der Waals surface area (Å²) in [6, 6.07) is 2.27. The number of piperazine rings is 1. The Morgan fingerprint density at radius 2 is 1.86 bits per heavy atom. The molecule has 2 aliphatic rings. The molecule has 1 aliphatic heterocycles. The molecular formula is C20H28N4O3S. The number of hydrogen-bond acceptors (Lipinski definition) is 6. The van der Waals surface area contributed by atoms with Gasteiger partial charge >= 0.3 is 6.09 Å². The van der Waals surface area contributed by atoms with Gasteiger partial charge in [0.25, 0.3) is 0 Å². The molecule has 1 aromatic rings. The summed E-state index contributed by atoms with van der Waals surface area (Å²) in [5.41, 5.74) is 1.26. The molecule has 28 heavy (non-hydrogen) atoms. The van der Waals surface area contributed by atoms with Crippen LogP contribution in [0.2, 0.25) is 0 Å². The zero-order valence-electron chi connectivity index (χ0n) is 16.8. The highest BCUT2D eigenvalue weighted by molar-refractivity contribution is 7.16. The first-order valence-electron chi connectivity index (χ1n) is 9.81. The standard InChI is InChI=1S/C20H28N4O3S/c1-20(2,3)27-19(26)24-10-8-23(9-11-24)13-17(25)22-18-15(12-21)14-6-4-5-7-16(14)28-18/h4-11,13H2,1-3H3,(H,22,25). The minimum Gasteiger partial charge on any atom is -0.444 e. The number of ether oxygens (including phenoxy) is 1. The maximum Gasteiger partial charge on any atom is 0.410 e. The highest BCUT2D eigenvalue weighted by atomic mass is 32.1. The van der Waals surface area contributed by atoms with Gasteiger partial charge in [0.1, 0.15) is 16.7 Å². The molecule has 0 atom stereocenters. The molecule has 0 unspecified atom stereocenters. The predicted molar refractivity (Wildman–Crippen MR) is 109 cm³/mol. The molecule has 1 N–H and O–H groups in total. The Morgan fingerprint density at radius 3 is 2.50 bits per heavy atom. The molecule has 7 nitrogen and oxygen atoms in total. The van der Waals surface area contributed by atoms with Crippen molar-refractivity contribution in [2.45, 2.75) is 52.1 Å². The molecule has 8 heteroatoms. The van der Waals surface area contributed by atoms with Crippen LogP contribution in [0.1, 0.15) is 49.6 Å². The molecule has 0 bridgehead atoms. The Balaban J connectivity index is 1.51. The van der Waals surface area contributed by atoms with Gasteiger partial charge in [0, 0.05) is 31.1 Å². The second-order valence-electron chi connectivity index (χ2n) is 8.32. The first kappa shape index (κ1) is 20.6. The molecule has 1 aromatic heterocycles. The van der Waals surface area contributed by atoms with Crippen molar-refractivity contribution in [1.29, 1.82) is 5.26 Å². The Morgan fingerprint density at radius 1 is 1.18 bits per heavy atom. The molecule has 0 saturated carbocycles. The van der Waals surface area contributed by atoms with Crippen LogP contribution in [0.4, 0.5) is 9.80 Å². The Hall–Kier alpha value is -2.11. The van der Waals surface area contributed by atoms with Crippen LogP contribution < -0.4 is 5.32 Å². The molecule has 2 amide bonds. The van der Waals surface area contributed by atoms with Crippen LogP contribution >= 0.6 is 11.3 Å². The maximum absolute atomic E-state index is 12.5. The van der Waals surface area contributed by atoms with Gasteiger partial charge < -0.3 is 15.0 Å². The number of nitriles is 1. The van der Waals surface area contributed by atoms with Gasteiger partial charge in [-0.2, -0.15) is 5.26 Å². The van der Waals surface area contributed by atoms with Crippen LogP contribution in [0.3, 0.4) is 0 Å². The zero-order chi connectivity index (χ0) is 20.3. The van der Waals surface area contributed by atoms with Crippen molar-refractivity contribution in [3.05, 3.63) is 16.0 Å². The summed E-state index contributed by atoms with van der Waals surface area (Å²) >= 11 is 1.54. The van der Waals surface area contributed by atoms with E-state index in [4.69, 9.17) is 4.74 Å². The van der Waals surface area contributed by atoms with Crippen molar-refractivity contribution in [3.8, 4) is 6.07 Å². The zero-order valence-corrected chi connectivity index (χ0v) is 17.7. The van der Waals surface area contributed by atoms with Gasteiger partial charge in [-0.05, 0) is 52.0 Å². The van der Waals surface area contributed by atoms with Gasteiger partial charge in [-0.3, -0.25) is 9.69 Å². The van der Waals surface area contributed by atoms with E-state index >= 15 is 0 Å². The van der Waals surface area contributed by atoms with Crippen molar-refractivity contribution in [2.24, 2.45) is 0 Å². The normalized spacial score (nSPS) is 17.6. The van der Waals surface area contributed by atoms with E-state index in [1.807, 2.05) is 25.7 Å². The topological polar surface area (TPSA) is 85.7 Å². The van der Waals surface area contributed by atoms with Crippen molar-refractivity contribution in [3.63, 3.8) is 0 Å². The third kappa shape index (κ3) is 5.03. The number of aryl methyl sites for hydroxylation is 1. The second kappa shape index (κ2) is 8.50. The number of amides is 2. The molecular weight excluding hydrogens is 376 g/mol. The number of carbonyl (C=O) groups excluding carboxylic acids is 2. The van der Waals surface area contributed by atoms with Crippen molar-refractivity contribution >= 4 is 28.3 Å². The number of fused-ring (bicyclic) bond motifs is 1. The summed E-state index contributed by atoms with van der Waals surface area (Å²) in [5, 5.41) is 13.1. The number of thiophene rings is 1. The van der Waals surface area contributed by atoms with Crippen molar-refractivity contribution in [1.82, 2.24) is 9.80 Å². The van der Waals surface area contributed by atoms with Gasteiger partial charge in [0.05, 0.1) is 12.1 Å². The van der Waals surface area contributed by atoms with Crippen LogP contribution in [0.15, 0.2) is 0 Å². The smallest absolute Gasteiger partial charge is 0.410 e. The van der Waals surface area contributed by atoms with Crippen LogP contribution in [-0.2, 0) is 22.4 Å².